The highest BCUT2D eigenvalue weighted by molar-refractivity contribution is 5.69. The lowest BCUT2D eigenvalue weighted by atomic mass is 10.0. The molecule has 0 unspecified atom stereocenters. The minimum Gasteiger partial charge on any atom is -0.115 e. The second-order valence-corrected chi connectivity index (χ2v) is 2.66. The van der Waals surface area contributed by atoms with Gasteiger partial charge in [-0.3, -0.25) is 0 Å². The average Bonchev–Trinajstić information content (AvgIpc) is 2.16. The van der Waals surface area contributed by atoms with Gasteiger partial charge in [0.05, 0.1) is 0 Å². The fraction of sp³-hybridized carbons (Fsp3) is 0.167. The van der Waals surface area contributed by atoms with Crippen molar-refractivity contribution in [2.75, 3.05) is 0 Å². The van der Waals surface area contributed by atoms with Gasteiger partial charge >= 0.3 is 0 Å². The van der Waals surface area contributed by atoms with Gasteiger partial charge in [-0.25, -0.2) is 0 Å². The van der Waals surface area contributed by atoms with Crippen LogP contribution >= 0.6 is 0 Å². The van der Waals surface area contributed by atoms with Crippen molar-refractivity contribution in [2.45, 2.75) is 13.8 Å². The maximum Gasteiger partial charge on any atom is 0.0317 e. The molecule has 60 valence electrons. The Hall–Kier alpha value is -1.48. The van der Waals surface area contributed by atoms with Gasteiger partial charge in [0.1, 0.15) is 0 Å². The molecule has 0 nitrogen and oxygen atoms in total. The summed E-state index contributed by atoms with van der Waals surface area (Å²) < 4.78 is 0. The van der Waals surface area contributed by atoms with E-state index in [2.05, 4.69) is 18.9 Å². The van der Waals surface area contributed by atoms with Gasteiger partial charge in [-0.05, 0) is 31.1 Å². The van der Waals surface area contributed by atoms with Crippen LogP contribution in [-0.2, 0) is 0 Å². The molecule has 1 aromatic rings. The van der Waals surface area contributed by atoms with Crippen LogP contribution in [0.3, 0.4) is 0 Å². The minimum atomic E-state index is 0.966. The second-order valence-electron chi connectivity index (χ2n) is 2.66. The number of hydrogen-bond donors (Lipinski definition) is 0. The van der Waals surface area contributed by atoms with Gasteiger partial charge in [0.25, 0.3) is 0 Å². The molecule has 0 bridgehead atoms. The summed E-state index contributed by atoms with van der Waals surface area (Å²) in [7, 11) is 0. The van der Waals surface area contributed by atoms with Crippen LogP contribution < -0.4 is 0 Å². The zero-order valence-corrected chi connectivity index (χ0v) is 7.46. The molecule has 1 aromatic carbocycles. The zero-order valence-electron chi connectivity index (χ0n) is 7.46. The van der Waals surface area contributed by atoms with Gasteiger partial charge in [0, 0.05) is 5.56 Å². The predicted octanol–water partition coefficient (Wildman–Crippen LogP) is 3.09. The van der Waals surface area contributed by atoms with Gasteiger partial charge in [-0.1, -0.05) is 30.2 Å². The van der Waals surface area contributed by atoms with Crippen molar-refractivity contribution >= 4 is 5.57 Å². The molecule has 12 heavy (non-hydrogen) atoms. The van der Waals surface area contributed by atoms with Crippen LogP contribution in [0.5, 0.6) is 0 Å². The van der Waals surface area contributed by atoms with E-state index in [1.54, 1.807) is 0 Å². The molecule has 0 atom stereocenters. The Morgan fingerprint density at radius 3 is 2.67 bits per heavy atom. The highest BCUT2D eigenvalue weighted by Crippen LogP contribution is 2.17. The summed E-state index contributed by atoms with van der Waals surface area (Å²) in [5.41, 5.74) is 3.35. The first-order valence-corrected chi connectivity index (χ1v) is 3.98. The van der Waals surface area contributed by atoms with Crippen molar-refractivity contribution in [3.05, 3.63) is 41.5 Å². The van der Waals surface area contributed by atoms with E-state index in [0.717, 1.165) is 11.1 Å². The summed E-state index contributed by atoms with van der Waals surface area (Å²) in [6, 6.07) is 7.97. The molecule has 0 fully saturated rings. The number of allylic oxidation sites excluding steroid dienone is 2. The summed E-state index contributed by atoms with van der Waals surface area (Å²) in [6.45, 7) is 4.08. The van der Waals surface area contributed by atoms with Gasteiger partial charge < -0.3 is 0 Å². The number of benzene rings is 1. The monoisotopic (exact) mass is 156 g/mol. The minimum absolute atomic E-state index is 0.966. The Morgan fingerprint density at radius 1 is 1.42 bits per heavy atom. The molecule has 0 spiro atoms. The van der Waals surface area contributed by atoms with E-state index in [4.69, 9.17) is 6.42 Å². The van der Waals surface area contributed by atoms with Crippen molar-refractivity contribution in [3.63, 3.8) is 0 Å². The predicted molar refractivity (Wildman–Crippen MR) is 53.7 cm³/mol. The Kier molecular flexibility index (Phi) is 2.71. The number of terminal acetylenes is 1. The molecule has 0 aliphatic heterocycles. The normalized spacial score (nSPS) is 10.9. The lowest BCUT2D eigenvalue weighted by Gasteiger charge is -2.02. The Labute approximate surface area is 73.9 Å². The Balaban J connectivity index is 3.25. The maximum atomic E-state index is 5.37. The molecule has 0 aromatic heterocycles. The van der Waals surface area contributed by atoms with E-state index >= 15 is 0 Å². The lowest BCUT2D eigenvalue weighted by Crippen LogP contribution is -1.84. The molecule has 0 aliphatic rings. The average molecular weight is 156 g/mol. The van der Waals surface area contributed by atoms with Crippen molar-refractivity contribution in [3.8, 4) is 12.3 Å². The number of rotatable bonds is 1. The van der Waals surface area contributed by atoms with E-state index < -0.39 is 0 Å². The third-order valence-corrected chi connectivity index (χ3v) is 1.94. The van der Waals surface area contributed by atoms with E-state index in [-0.39, 0.29) is 0 Å². The topological polar surface area (TPSA) is 0 Å². The summed E-state index contributed by atoms with van der Waals surface area (Å²) in [5.74, 6) is 2.67. The molecular weight excluding hydrogens is 144 g/mol. The van der Waals surface area contributed by atoms with Crippen LogP contribution in [0.1, 0.15) is 25.0 Å². The summed E-state index contributed by atoms with van der Waals surface area (Å²) in [5, 5.41) is 0. The van der Waals surface area contributed by atoms with Crippen LogP contribution in [0.15, 0.2) is 30.3 Å². The molecule has 0 amide bonds. The van der Waals surface area contributed by atoms with Crippen molar-refractivity contribution < 1.29 is 0 Å². The number of hydrogen-bond acceptors (Lipinski definition) is 0. The maximum absolute atomic E-state index is 5.37. The SMILES string of the molecule is C#Cc1ccccc1/C(C)=C/C. The fourth-order valence-electron chi connectivity index (χ4n) is 1.11. The largest absolute Gasteiger partial charge is 0.115 e. The first-order chi connectivity index (χ1) is 5.79. The zero-order chi connectivity index (χ0) is 8.97. The molecule has 0 N–H and O–H groups in total. The van der Waals surface area contributed by atoms with Crippen LogP contribution in [0.2, 0.25) is 0 Å². The van der Waals surface area contributed by atoms with Gasteiger partial charge in [0.15, 0.2) is 0 Å². The van der Waals surface area contributed by atoms with Gasteiger partial charge in [-0.15, -0.1) is 6.42 Å². The van der Waals surface area contributed by atoms with Crippen LogP contribution in [0.25, 0.3) is 5.57 Å². The summed E-state index contributed by atoms with van der Waals surface area (Å²) in [4.78, 5) is 0. The van der Waals surface area contributed by atoms with Gasteiger partial charge in [-0.2, -0.15) is 0 Å². The highest BCUT2D eigenvalue weighted by Gasteiger charge is 1.98. The molecule has 0 aliphatic carbocycles. The second kappa shape index (κ2) is 3.78. The molecule has 0 saturated heterocycles. The smallest absolute Gasteiger partial charge is 0.0317 e. The van der Waals surface area contributed by atoms with E-state index in [9.17, 15) is 0 Å². The van der Waals surface area contributed by atoms with Crippen LogP contribution in [0, 0.1) is 12.3 Å². The molecule has 1 rings (SSSR count). The standard InChI is InChI=1S/C12H12/c1-4-10(3)12-9-7-6-8-11(12)5-2/h2,4,6-9H,1,3H3/b10-4+. The van der Waals surface area contributed by atoms with Crippen molar-refractivity contribution in [1.82, 2.24) is 0 Å². The highest BCUT2D eigenvalue weighted by atomic mass is 14.0. The van der Waals surface area contributed by atoms with Crippen LogP contribution in [0.4, 0.5) is 0 Å². The fourth-order valence-corrected chi connectivity index (χ4v) is 1.11. The van der Waals surface area contributed by atoms with Crippen molar-refractivity contribution in [1.29, 1.82) is 0 Å². The molecule has 0 radical (unpaired) electrons. The first-order valence-electron chi connectivity index (χ1n) is 3.98. The summed E-state index contributed by atoms with van der Waals surface area (Å²) in [6.07, 6.45) is 7.43. The quantitative estimate of drug-likeness (QED) is 0.548. The van der Waals surface area contributed by atoms with E-state index in [0.29, 0.717) is 0 Å². The van der Waals surface area contributed by atoms with Crippen LogP contribution in [-0.4, -0.2) is 0 Å². The molecular formula is C12H12. The van der Waals surface area contributed by atoms with E-state index in [1.165, 1.54) is 5.57 Å². The Bertz CT molecular complexity index is 337. The summed E-state index contributed by atoms with van der Waals surface area (Å²) >= 11 is 0. The molecule has 0 saturated carbocycles. The molecule has 0 heteroatoms. The Morgan fingerprint density at radius 2 is 2.08 bits per heavy atom. The third-order valence-electron chi connectivity index (χ3n) is 1.94. The van der Waals surface area contributed by atoms with Crippen molar-refractivity contribution in [2.24, 2.45) is 0 Å². The first kappa shape index (κ1) is 8.62. The van der Waals surface area contributed by atoms with E-state index in [1.807, 2.05) is 31.2 Å². The lowest BCUT2D eigenvalue weighted by molar-refractivity contribution is 1.51. The molecule has 0 heterocycles. The van der Waals surface area contributed by atoms with Gasteiger partial charge in [0.2, 0.25) is 0 Å². The third kappa shape index (κ3) is 1.57.